The first-order valence-corrected chi connectivity index (χ1v) is 14.5. The molecular weight excluding hydrogens is 513 g/mol. The molecule has 36 heavy (non-hydrogen) atoms. The number of amides is 1. The fraction of sp³-hybridized carbons (Fsp3) is 0.435. The highest BCUT2D eigenvalue weighted by Crippen LogP contribution is 2.36. The third kappa shape index (κ3) is 6.14. The zero-order chi connectivity index (χ0) is 26.8. The lowest BCUT2D eigenvalue weighted by Crippen LogP contribution is -2.50. The lowest BCUT2D eigenvalue weighted by atomic mass is 9.99. The maximum absolute atomic E-state index is 13.5. The van der Waals surface area contributed by atoms with Crippen molar-refractivity contribution in [1.29, 1.82) is 0 Å². The van der Waals surface area contributed by atoms with Gasteiger partial charge in [-0.05, 0) is 43.3 Å². The number of likely N-dealkylation sites (N-methyl/N-ethyl adjacent to an activating group) is 1. The topological polar surface area (TPSA) is 133 Å². The van der Waals surface area contributed by atoms with Crippen LogP contribution in [0.4, 0.5) is 10.1 Å². The van der Waals surface area contributed by atoms with Crippen LogP contribution in [0.5, 0.6) is 5.75 Å². The number of aliphatic hydroxyl groups is 1. The van der Waals surface area contributed by atoms with E-state index in [9.17, 15) is 31.1 Å². The molecule has 1 heterocycles. The zero-order valence-corrected chi connectivity index (χ0v) is 22.0. The van der Waals surface area contributed by atoms with Crippen LogP contribution < -0.4 is 9.46 Å². The van der Waals surface area contributed by atoms with Crippen molar-refractivity contribution in [2.45, 2.75) is 30.9 Å². The first-order chi connectivity index (χ1) is 16.7. The van der Waals surface area contributed by atoms with E-state index in [-0.39, 0.29) is 47.5 Å². The van der Waals surface area contributed by atoms with Crippen LogP contribution in [0.15, 0.2) is 47.4 Å². The Morgan fingerprint density at radius 3 is 2.42 bits per heavy atom. The standard InChI is InChI=1S/C23H30FN3O7S2/c1-15-12-27(16(2)14-28)23(29)19-6-5-7-20(22(19)34-21(15)13-26(3)35(4,30)31)25-36(32,33)18-10-8-17(24)9-11-18/h5-11,15-16,21,25,28H,12-14H2,1-4H3/t15-,16-,21-/m0/s1. The Balaban J connectivity index is 2.11. The number of halogens is 1. The number of rotatable bonds is 8. The van der Waals surface area contributed by atoms with Gasteiger partial charge in [-0.25, -0.2) is 25.5 Å². The molecule has 0 aromatic heterocycles. The highest BCUT2D eigenvalue weighted by atomic mass is 32.2. The van der Waals surface area contributed by atoms with Crippen molar-refractivity contribution >= 4 is 31.6 Å². The van der Waals surface area contributed by atoms with Gasteiger partial charge >= 0.3 is 0 Å². The Morgan fingerprint density at radius 1 is 1.19 bits per heavy atom. The van der Waals surface area contributed by atoms with Crippen LogP contribution in [-0.2, 0) is 20.0 Å². The molecule has 2 N–H and O–H groups in total. The van der Waals surface area contributed by atoms with Crippen molar-refractivity contribution in [3.8, 4) is 5.75 Å². The first kappa shape index (κ1) is 27.8. The van der Waals surface area contributed by atoms with Crippen LogP contribution in [0.2, 0.25) is 0 Å². The molecular formula is C23H30FN3O7S2. The average molecular weight is 544 g/mol. The Labute approximate surface area is 210 Å². The third-order valence-electron chi connectivity index (χ3n) is 6.06. The van der Waals surface area contributed by atoms with E-state index in [4.69, 9.17) is 4.74 Å². The predicted octanol–water partition coefficient (Wildman–Crippen LogP) is 1.74. The van der Waals surface area contributed by atoms with Gasteiger partial charge in [0.15, 0.2) is 5.75 Å². The Morgan fingerprint density at radius 2 is 1.83 bits per heavy atom. The molecule has 0 saturated heterocycles. The molecule has 2 aromatic carbocycles. The minimum atomic E-state index is -4.18. The number of anilines is 1. The number of benzene rings is 2. The quantitative estimate of drug-likeness (QED) is 0.518. The maximum atomic E-state index is 13.5. The lowest BCUT2D eigenvalue weighted by Gasteiger charge is -2.38. The fourth-order valence-corrected chi connectivity index (χ4v) is 5.23. The van der Waals surface area contributed by atoms with E-state index in [0.717, 1.165) is 34.8 Å². The summed E-state index contributed by atoms with van der Waals surface area (Å²) in [6.45, 7) is 3.26. The summed E-state index contributed by atoms with van der Waals surface area (Å²) in [6.07, 6.45) is 0.293. The van der Waals surface area contributed by atoms with Crippen molar-refractivity contribution in [3.05, 3.63) is 53.8 Å². The van der Waals surface area contributed by atoms with E-state index < -0.39 is 43.9 Å². The summed E-state index contributed by atoms with van der Waals surface area (Å²) in [5.74, 6) is -1.53. The molecule has 1 aliphatic heterocycles. The molecule has 1 aliphatic rings. The predicted molar refractivity (Wildman–Crippen MR) is 132 cm³/mol. The molecule has 198 valence electrons. The number of carbonyl (C=O) groups excluding carboxylic acids is 1. The highest BCUT2D eigenvalue weighted by Gasteiger charge is 2.35. The SMILES string of the molecule is C[C@H]1CN([C@@H](C)CO)C(=O)c2cccc(NS(=O)(=O)c3ccc(F)cc3)c2O[C@H]1CN(C)S(C)(=O)=O. The lowest BCUT2D eigenvalue weighted by molar-refractivity contribution is 0.0389. The van der Waals surface area contributed by atoms with Gasteiger partial charge in [0.1, 0.15) is 11.9 Å². The largest absolute Gasteiger partial charge is 0.486 e. The van der Waals surface area contributed by atoms with Crippen molar-refractivity contribution in [3.63, 3.8) is 0 Å². The number of hydrogen-bond donors (Lipinski definition) is 2. The van der Waals surface area contributed by atoms with Crippen LogP contribution in [0.3, 0.4) is 0 Å². The van der Waals surface area contributed by atoms with Gasteiger partial charge in [-0.15, -0.1) is 0 Å². The van der Waals surface area contributed by atoms with Gasteiger partial charge < -0.3 is 14.7 Å². The summed E-state index contributed by atoms with van der Waals surface area (Å²) in [4.78, 5) is 14.7. The number of fused-ring (bicyclic) bond motifs is 1. The van der Waals surface area contributed by atoms with Crippen LogP contribution in [-0.4, -0.2) is 82.2 Å². The number of para-hydroxylation sites is 1. The van der Waals surface area contributed by atoms with Crippen molar-refractivity contribution in [2.24, 2.45) is 5.92 Å². The smallest absolute Gasteiger partial charge is 0.262 e. The Hall–Kier alpha value is -2.74. The van der Waals surface area contributed by atoms with Gasteiger partial charge in [0.05, 0.1) is 41.6 Å². The number of carbonyl (C=O) groups is 1. The second-order valence-electron chi connectivity index (χ2n) is 8.91. The third-order valence-corrected chi connectivity index (χ3v) is 8.73. The number of sulfonamides is 2. The molecule has 0 radical (unpaired) electrons. The van der Waals surface area contributed by atoms with Crippen molar-refractivity contribution in [2.75, 3.05) is 37.7 Å². The fourth-order valence-electron chi connectivity index (χ4n) is 3.75. The second-order valence-corrected chi connectivity index (χ2v) is 12.7. The van der Waals surface area contributed by atoms with Crippen LogP contribution >= 0.6 is 0 Å². The molecule has 0 saturated carbocycles. The molecule has 3 atom stereocenters. The molecule has 1 amide bonds. The summed E-state index contributed by atoms with van der Waals surface area (Å²) >= 11 is 0. The average Bonchev–Trinajstić information content (AvgIpc) is 2.80. The minimum absolute atomic E-state index is 0.0390. The molecule has 10 nitrogen and oxygen atoms in total. The summed E-state index contributed by atoms with van der Waals surface area (Å²) < 4.78 is 73.2. The number of ether oxygens (including phenoxy) is 1. The second kappa shape index (κ2) is 10.7. The number of aliphatic hydroxyl groups excluding tert-OH is 1. The summed E-state index contributed by atoms with van der Waals surface area (Å²) in [6, 6.07) is 8.04. The van der Waals surface area contributed by atoms with E-state index in [0.29, 0.717) is 0 Å². The highest BCUT2D eigenvalue weighted by molar-refractivity contribution is 7.92. The summed E-state index contributed by atoms with van der Waals surface area (Å²) in [5.41, 5.74) is 0.0106. The summed E-state index contributed by atoms with van der Waals surface area (Å²) in [5, 5.41) is 9.74. The van der Waals surface area contributed by atoms with Crippen molar-refractivity contribution < 1.29 is 35.9 Å². The molecule has 3 rings (SSSR count). The molecule has 0 fully saturated rings. The van der Waals surface area contributed by atoms with Gasteiger partial charge in [-0.1, -0.05) is 13.0 Å². The Bertz CT molecular complexity index is 1320. The van der Waals surface area contributed by atoms with E-state index in [1.165, 1.54) is 30.1 Å². The molecule has 0 unspecified atom stereocenters. The molecule has 0 spiro atoms. The number of hydrogen-bond acceptors (Lipinski definition) is 7. The van der Waals surface area contributed by atoms with E-state index in [2.05, 4.69) is 4.72 Å². The Kier molecular flexibility index (Phi) is 8.28. The molecule has 13 heteroatoms. The van der Waals surface area contributed by atoms with Crippen LogP contribution in [0.1, 0.15) is 24.2 Å². The minimum Gasteiger partial charge on any atom is -0.486 e. The van der Waals surface area contributed by atoms with Gasteiger partial charge in [-0.2, -0.15) is 0 Å². The zero-order valence-electron chi connectivity index (χ0n) is 20.4. The van der Waals surface area contributed by atoms with Gasteiger partial charge in [-0.3, -0.25) is 9.52 Å². The van der Waals surface area contributed by atoms with Gasteiger partial charge in [0.2, 0.25) is 10.0 Å². The monoisotopic (exact) mass is 543 g/mol. The first-order valence-electron chi connectivity index (χ1n) is 11.2. The molecule has 2 aromatic rings. The number of nitrogens with zero attached hydrogens (tertiary/aromatic N) is 2. The normalized spacial score (nSPS) is 19.8. The van der Waals surface area contributed by atoms with Crippen LogP contribution in [0, 0.1) is 11.7 Å². The summed E-state index contributed by atoms with van der Waals surface area (Å²) in [7, 11) is -6.34. The van der Waals surface area contributed by atoms with E-state index >= 15 is 0 Å². The molecule has 0 aliphatic carbocycles. The molecule has 0 bridgehead atoms. The van der Waals surface area contributed by atoms with Gasteiger partial charge in [0.25, 0.3) is 15.9 Å². The van der Waals surface area contributed by atoms with Crippen molar-refractivity contribution in [1.82, 2.24) is 9.21 Å². The van der Waals surface area contributed by atoms with Crippen LogP contribution in [0.25, 0.3) is 0 Å². The van der Waals surface area contributed by atoms with E-state index in [1.807, 2.05) is 0 Å². The number of nitrogens with one attached hydrogen (secondary N) is 1. The maximum Gasteiger partial charge on any atom is 0.262 e. The van der Waals surface area contributed by atoms with Gasteiger partial charge in [0, 0.05) is 19.5 Å². The van der Waals surface area contributed by atoms with E-state index in [1.54, 1.807) is 13.8 Å².